The molecular weight excluding hydrogens is 319 g/mol. The number of hydrogen-bond donors (Lipinski definition) is 2. The van der Waals surface area contributed by atoms with Gasteiger partial charge in [-0.1, -0.05) is 18.2 Å². The van der Waals surface area contributed by atoms with Gasteiger partial charge in [0, 0.05) is 23.2 Å². The second kappa shape index (κ2) is 7.94. The maximum absolute atomic E-state index is 12.3. The average Bonchev–Trinajstić information content (AvgIpc) is 2.66. The van der Waals surface area contributed by atoms with Crippen molar-refractivity contribution in [2.24, 2.45) is 0 Å². The summed E-state index contributed by atoms with van der Waals surface area (Å²) < 4.78 is 17.7. The Hall–Kier alpha value is -2.66. The zero-order chi connectivity index (χ0) is 17.6. The van der Waals surface area contributed by atoms with Crippen LogP contribution in [-0.2, 0) is 0 Å². The lowest BCUT2D eigenvalue weighted by Crippen LogP contribution is -2.19. The van der Waals surface area contributed by atoms with Crippen LogP contribution in [0.1, 0.15) is 6.92 Å². The molecule has 0 saturated carbocycles. The van der Waals surface area contributed by atoms with Gasteiger partial charge in [0.15, 0.2) is 0 Å². The van der Waals surface area contributed by atoms with Crippen molar-refractivity contribution >= 4 is 16.6 Å². The van der Waals surface area contributed by atoms with E-state index in [-0.39, 0.29) is 6.61 Å². The number of aliphatic hydroxyl groups is 1. The molecule has 0 radical (unpaired) electrons. The van der Waals surface area contributed by atoms with Crippen molar-refractivity contribution in [3.63, 3.8) is 0 Å². The Morgan fingerprint density at radius 3 is 2.64 bits per heavy atom. The molecule has 1 heterocycles. The Bertz CT molecular complexity index is 837. The van der Waals surface area contributed by atoms with Crippen LogP contribution in [-0.4, -0.2) is 36.0 Å². The highest BCUT2D eigenvalue weighted by molar-refractivity contribution is 5.83. The van der Waals surface area contributed by atoms with Crippen LogP contribution in [0.3, 0.4) is 0 Å². The zero-order valence-electron chi connectivity index (χ0n) is 14.1. The number of aliphatic hydroxyl groups excluding tert-OH is 1. The molecule has 0 aliphatic rings. The van der Waals surface area contributed by atoms with Crippen LogP contribution in [0.4, 0.5) is 10.1 Å². The summed E-state index contributed by atoms with van der Waals surface area (Å²) >= 11 is 0. The number of pyridine rings is 1. The van der Waals surface area contributed by atoms with E-state index in [1.54, 1.807) is 6.07 Å². The first-order chi connectivity index (χ1) is 12.2. The van der Waals surface area contributed by atoms with Crippen molar-refractivity contribution in [2.75, 3.05) is 25.1 Å². The first-order valence-corrected chi connectivity index (χ1v) is 8.31. The van der Waals surface area contributed by atoms with Crippen LogP contribution in [0.25, 0.3) is 22.2 Å². The Kier molecular flexibility index (Phi) is 5.46. The second-order valence-electron chi connectivity index (χ2n) is 5.78. The maximum Gasteiger partial charge on any atom is 0.120 e. The van der Waals surface area contributed by atoms with Crippen LogP contribution in [0.2, 0.25) is 0 Å². The summed E-state index contributed by atoms with van der Waals surface area (Å²) in [6.45, 7) is 2.08. The largest absolute Gasteiger partial charge is 0.491 e. The van der Waals surface area contributed by atoms with Gasteiger partial charge in [-0.2, -0.15) is 0 Å². The third-order valence-electron chi connectivity index (χ3n) is 3.84. The Morgan fingerprint density at radius 2 is 1.92 bits per heavy atom. The highest BCUT2D eigenvalue weighted by Gasteiger charge is 2.06. The number of nitrogens with zero attached hydrogens (tertiary/aromatic N) is 1. The molecule has 0 aliphatic carbocycles. The minimum atomic E-state index is -1.10. The number of benzene rings is 2. The van der Waals surface area contributed by atoms with Gasteiger partial charge in [-0.05, 0) is 43.3 Å². The summed E-state index contributed by atoms with van der Waals surface area (Å²) in [6, 6.07) is 17.6. The summed E-state index contributed by atoms with van der Waals surface area (Å²) in [7, 11) is 0. The standard InChI is InChI=1S/C20H21FN2O2/c1-2-22-16-6-3-14(4-7-16)19-9-5-15-11-18(8-10-20(15)23-19)25-13-17(24)12-21/h3-11,17,22,24H,2,12-13H2,1H3. The summed E-state index contributed by atoms with van der Waals surface area (Å²) in [4.78, 5) is 4.69. The van der Waals surface area contributed by atoms with Crippen molar-refractivity contribution < 1.29 is 14.2 Å². The number of ether oxygens (including phenoxy) is 1. The van der Waals surface area contributed by atoms with Crippen LogP contribution in [0, 0.1) is 0 Å². The fraction of sp³-hybridized carbons (Fsp3) is 0.250. The first-order valence-electron chi connectivity index (χ1n) is 8.31. The smallest absolute Gasteiger partial charge is 0.120 e. The molecule has 0 fully saturated rings. The van der Waals surface area contributed by atoms with Crippen molar-refractivity contribution in [1.82, 2.24) is 4.98 Å². The zero-order valence-corrected chi connectivity index (χ0v) is 14.1. The molecule has 1 aromatic heterocycles. The van der Waals surface area contributed by atoms with Crippen molar-refractivity contribution in [3.8, 4) is 17.0 Å². The van der Waals surface area contributed by atoms with Crippen LogP contribution < -0.4 is 10.1 Å². The lowest BCUT2D eigenvalue weighted by Gasteiger charge is -2.10. The Labute approximate surface area is 146 Å². The molecule has 25 heavy (non-hydrogen) atoms. The number of rotatable bonds is 7. The van der Waals surface area contributed by atoms with Gasteiger partial charge in [0.25, 0.3) is 0 Å². The molecule has 0 saturated heterocycles. The Morgan fingerprint density at radius 1 is 1.12 bits per heavy atom. The SMILES string of the molecule is CCNc1ccc(-c2ccc3cc(OCC(O)CF)ccc3n2)cc1. The third-order valence-corrected chi connectivity index (χ3v) is 3.84. The molecule has 0 spiro atoms. The number of aromatic nitrogens is 1. The van der Waals surface area contributed by atoms with E-state index in [0.29, 0.717) is 5.75 Å². The van der Waals surface area contributed by atoms with Gasteiger partial charge >= 0.3 is 0 Å². The summed E-state index contributed by atoms with van der Waals surface area (Å²) in [5, 5.41) is 13.4. The van der Waals surface area contributed by atoms with E-state index in [2.05, 4.69) is 17.2 Å². The number of halogens is 1. The molecule has 0 aliphatic heterocycles. The second-order valence-corrected chi connectivity index (χ2v) is 5.78. The van der Waals surface area contributed by atoms with Gasteiger partial charge in [0.1, 0.15) is 25.1 Å². The highest BCUT2D eigenvalue weighted by Crippen LogP contribution is 2.25. The summed E-state index contributed by atoms with van der Waals surface area (Å²) in [5.74, 6) is 0.588. The Balaban J connectivity index is 1.80. The lowest BCUT2D eigenvalue weighted by atomic mass is 10.1. The summed E-state index contributed by atoms with van der Waals surface area (Å²) in [5.41, 5.74) is 3.89. The average molecular weight is 340 g/mol. The first kappa shape index (κ1) is 17.2. The summed E-state index contributed by atoms with van der Waals surface area (Å²) in [6.07, 6.45) is -1.10. The van der Waals surface area contributed by atoms with Crippen LogP contribution in [0.5, 0.6) is 5.75 Å². The van der Waals surface area contributed by atoms with Crippen LogP contribution in [0.15, 0.2) is 54.6 Å². The molecule has 4 nitrogen and oxygen atoms in total. The van der Waals surface area contributed by atoms with Gasteiger partial charge in [-0.3, -0.25) is 0 Å². The third kappa shape index (κ3) is 4.25. The molecule has 130 valence electrons. The van der Waals surface area contributed by atoms with Crippen molar-refractivity contribution in [2.45, 2.75) is 13.0 Å². The molecule has 1 atom stereocenters. The normalized spacial score (nSPS) is 12.1. The number of hydrogen-bond acceptors (Lipinski definition) is 4. The van der Waals surface area contributed by atoms with Gasteiger partial charge < -0.3 is 15.2 Å². The van der Waals surface area contributed by atoms with Gasteiger partial charge in [0.2, 0.25) is 0 Å². The number of nitrogens with one attached hydrogen (secondary N) is 1. The van der Waals surface area contributed by atoms with E-state index in [4.69, 9.17) is 4.74 Å². The van der Waals surface area contributed by atoms with E-state index < -0.39 is 12.8 Å². The molecular formula is C20H21FN2O2. The quantitative estimate of drug-likeness (QED) is 0.681. The predicted octanol–water partition coefficient (Wildman–Crippen LogP) is 4.04. The lowest BCUT2D eigenvalue weighted by molar-refractivity contribution is 0.0842. The van der Waals surface area contributed by atoms with E-state index in [0.717, 1.165) is 34.4 Å². The van der Waals surface area contributed by atoms with Crippen LogP contribution >= 0.6 is 0 Å². The molecule has 0 bridgehead atoms. The number of alkyl halides is 1. The molecule has 3 rings (SSSR count). The van der Waals surface area contributed by atoms with Gasteiger partial charge in [-0.25, -0.2) is 9.37 Å². The van der Waals surface area contributed by atoms with E-state index >= 15 is 0 Å². The van der Waals surface area contributed by atoms with E-state index in [1.165, 1.54) is 0 Å². The molecule has 1 unspecified atom stereocenters. The predicted molar refractivity (Wildman–Crippen MR) is 98.8 cm³/mol. The highest BCUT2D eigenvalue weighted by atomic mass is 19.1. The fourth-order valence-corrected chi connectivity index (χ4v) is 2.55. The minimum Gasteiger partial charge on any atom is -0.491 e. The molecule has 2 N–H and O–H groups in total. The number of fused-ring (bicyclic) bond motifs is 1. The molecule has 3 aromatic rings. The van der Waals surface area contributed by atoms with E-state index in [1.807, 2.05) is 48.5 Å². The molecule has 0 amide bonds. The van der Waals surface area contributed by atoms with Crippen molar-refractivity contribution in [1.29, 1.82) is 0 Å². The maximum atomic E-state index is 12.3. The minimum absolute atomic E-state index is 0.0638. The topological polar surface area (TPSA) is 54.4 Å². The van der Waals surface area contributed by atoms with Crippen molar-refractivity contribution in [3.05, 3.63) is 54.6 Å². The fourth-order valence-electron chi connectivity index (χ4n) is 2.55. The molecule has 5 heteroatoms. The van der Waals surface area contributed by atoms with E-state index in [9.17, 15) is 9.50 Å². The van der Waals surface area contributed by atoms with Gasteiger partial charge in [0.05, 0.1) is 11.2 Å². The number of anilines is 1. The van der Waals surface area contributed by atoms with Gasteiger partial charge in [-0.15, -0.1) is 0 Å². The molecule has 2 aromatic carbocycles. The monoisotopic (exact) mass is 340 g/mol.